The lowest BCUT2D eigenvalue weighted by molar-refractivity contribution is -0.128. The second-order valence-corrected chi connectivity index (χ2v) is 9.88. The van der Waals surface area contributed by atoms with Crippen molar-refractivity contribution in [1.82, 2.24) is 15.4 Å². The van der Waals surface area contributed by atoms with Crippen molar-refractivity contribution in [1.29, 1.82) is 0 Å². The zero-order valence-electron chi connectivity index (χ0n) is 16.5. The summed E-state index contributed by atoms with van der Waals surface area (Å²) in [4.78, 5) is 24.8. The van der Waals surface area contributed by atoms with E-state index in [0.29, 0.717) is 19.4 Å². The fourth-order valence-corrected chi connectivity index (χ4v) is 4.12. The predicted molar refractivity (Wildman–Crippen MR) is 100 cm³/mol. The molecular formula is C17H33N3O5S. The standard InChI is InChI=1S/C17H33N3O5S/c1-6-19-26(23,24)12-11-18-14(21)13-9-7-8-10-17(13,5)20-15(22)25-16(2,3)4/h13,19H,6-12H2,1-5H3,(H,18,21)(H,20,22)/t13-,17-/m0/s1. The van der Waals surface area contributed by atoms with Gasteiger partial charge < -0.3 is 15.4 Å². The minimum atomic E-state index is -3.38. The smallest absolute Gasteiger partial charge is 0.408 e. The van der Waals surface area contributed by atoms with Crippen molar-refractivity contribution < 1.29 is 22.7 Å². The third-order valence-electron chi connectivity index (χ3n) is 4.35. The number of hydrogen-bond donors (Lipinski definition) is 3. The molecule has 0 aromatic heterocycles. The molecule has 1 rings (SSSR count). The Hall–Kier alpha value is -1.35. The van der Waals surface area contributed by atoms with Crippen molar-refractivity contribution in [2.45, 2.75) is 71.4 Å². The first kappa shape index (κ1) is 22.7. The van der Waals surface area contributed by atoms with E-state index in [4.69, 9.17) is 4.74 Å². The van der Waals surface area contributed by atoms with Gasteiger partial charge in [0.1, 0.15) is 5.60 Å². The lowest BCUT2D eigenvalue weighted by Crippen LogP contribution is -2.58. The summed E-state index contributed by atoms with van der Waals surface area (Å²) in [5, 5.41) is 5.55. The molecule has 0 aliphatic heterocycles. The maximum atomic E-state index is 12.6. The highest BCUT2D eigenvalue weighted by Crippen LogP contribution is 2.34. The fourth-order valence-electron chi connectivity index (χ4n) is 3.16. The highest BCUT2D eigenvalue weighted by Gasteiger charge is 2.42. The van der Waals surface area contributed by atoms with Crippen molar-refractivity contribution >= 4 is 22.0 Å². The SMILES string of the molecule is CCNS(=O)(=O)CCNC(=O)[C@@H]1CCCC[C@]1(C)NC(=O)OC(C)(C)C. The Balaban J connectivity index is 2.68. The number of hydrogen-bond acceptors (Lipinski definition) is 5. The second-order valence-electron chi connectivity index (χ2n) is 7.95. The average Bonchev–Trinajstić information content (AvgIpc) is 2.44. The van der Waals surface area contributed by atoms with Gasteiger partial charge in [0, 0.05) is 13.1 Å². The van der Waals surface area contributed by atoms with Gasteiger partial charge in [-0.05, 0) is 40.5 Å². The van der Waals surface area contributed by atoms with E-state index in [1.54, 1.807) is 27.7 Å². The van der Waals surface area contributed by atoms with Gasteiger partial charge in [-0.3, -0.25) is 4.79 Å². The molecule has 0 unspecified atom stereocenters. The van der Waals surface area contributed by atoms with E-state index in [9.17, 15) is 18.0 Å². The van der Waals surface area contributed by atoms with Crippen molar-refractivity contribution in [3.63, 3.8) is 0 Å². The Morgan fingerprint density at radius 1 is 1.23 bits per heavy atom. The Bertz CT molecular complexity index is 600. The van der Waals surface area contributed by atoms with E-state index < -0.39 is 33.2 Å². The number of amides is 2. The third-order valence-corrected chi connectivity index (χ3v) is 5.82. The molecule has 9 heteroatoms. The van der Waals surface area contributed by atoms with Gasteiger partial charge in [-0.1, -0.05) is 19.8 Å². The minimum absolute atomic E-state index is 0.0349. The number of nitrogens with one attached hydrogen (secondary N) is 3. The van der Waals surface area contributed by atoms with E-state index in [0.717, 1.165) is 12.8 Å². The summed E-state index contributed by atoms with van der Waals surface area (Å²) in [6, 6.07) is 0. The first-order chi connectivity index (χ1) is 11.9. The summed E-state index contributed by atoms with van der Waals surface area (Å²) < 4.78 is 31.0. The molecule has 26 heavy (non-hydrogen) atoms. The maximum absolute atomic E-state index is 12.6. The monoisotopic (exact) mass is 391 g/mol. The molecule has 2 amide bonds. The Morgan fingerprint density at radius 3 is 2.46 bits per heavy atom. The van der Waals surface area contributed by atoms with Crippen LogP contribution < -0.4 is 15.4 Å². The lowest BCUT2D eigenvalue weighted by atomic mass is 9.73. The summed E-state index contributed by atoms with van der Waals surface area (Å²) in [6.07, 6.45) is 2.55. The average molecular weight is 392 g/mol. The Labute approximate surface area is 156 Å². The number of carbonyl (C=O) groups excluding carboxylic acids is 2. The number of rotatable bonds is 7. The molecule has 3 N–H and O–H groups in total. The van der Waals surface area contributed by atoms with E-state index in [1.807, 2.05) is 6.92 Å². The van der Waals surface area contributed by atoms with Gasteiger partial charge in [0.15, 0.2) is 0 Å². The van der Waals surface area contributed by atoms with Crippen molar-refractivity contribution in [2.24, 2.45) is 5.92 Å². The van der Waals surface area contributed by atoms with Crippen LogP contribution in [-0.4, -0.2) is 50.4 Å². The van der Waals surface area contributed by atoms with Gasteiger partial charge in [-0.15, -0.1) is 0 Å². The van der Waals surface area contributed by atoms with Gasteiger partial charge in [0.05, 0.1) is 17.2 Å². The van der Waals surface area contributed by atoms with Crippen LogP contribution in [0, 0.1) is 5.92 Å². The van der Waals surface area contributed by atoms with E-state index >= 15 is 0 Å². The van der Waals surface area contributed by atoms with Gasteiger partial charge in [-0.2, -0.15) is 0 Å². The molecule has 2 atom stereocenters. The maximum Gasteiger partial charge on any atom is 0.408 e. The molecule has 0 bridgehead atoms. The normalized spacial score (nSPS) is 24.0. The predicted octanol–water partition coefficient (Wildman–Crippen LogP) is 1.52. The third kappa shape index (κ3) is 7.49. The zero-order valence-corrected chi connectivity index (χ0v) is 17.3. The zero-order chi connectivity index (χ0) is 20.0. The van der Waals surface area contributed by atoms with Crippen LogP contribution in [0.4, 0.5) is 4.79 Å². The van der Waals surface area contributed by atoms with E-state index in [2.05, 4.69) is 15.4 Å². The Kier molecular flexibility index (Phi) is 7.88. The van der Waals surface area contributed by atoms with Crippen LogP contribution in [0.5, 0.6) is 0 Å². The molecule has 0 saturated heterocycles. The summed E-state index contributed by atoms with van der Waals surface area (Å²) in [6.45, 7) is 9.24. The van der Waals surface area contributed by atoms with E-state index in [1.165, 1.54) is 0 Å². The van der Waals surface area contributed by atoms with Crippen LogP contribution in [0.1, 0.15) is 60.3 Å². The number of sulfonamides is 1. The molecule has 0 heterocycles. The molecule has 0 aromatic rings. The summed E-state index contributed by atoms with van der Waals surface area (Å²) in [5.41, 5.74) is -1.33. The number of ether oxygens (including phenoxy) is 1. The highest BCUT2D eigenvalue weighted by atomic mass is 32.2. The first-order valence-corrected chi connectivity index (χ1v) is 10.8. The molecule has 0 spiro atoms. The lowest BCUT2D eigenvalue weighted by Gasteiger charge is -2.41. The quantitative estimate of drug-likeness (QED) is 0.609. The summed E-state index contributed by atoms with van der Waals surface area (Å²) >= 11 is 0. The molecule has 152 valence electrons. The van der Waals surface area contributed by atoms with Crippen molar-refractivity contribution in [3.8, 4) is 0 Å². The van der Waals surface area contributed by atoms with Gasteiger partial charge in [0.25, 0.3) is 0 Å². The molecular weight excluding hydrogens is 358 g/mol. The van der Waals surface area contributed by atoms with Crippen molar-refractivity contribution in [3.05, 3.63) is 0 Å². The molecule has 1 saturated carbocycles. The summed E-state index contributed by atoms with van der Waals surface area (Å²) in [5.74, 6) is -0.837. The molecule has 0 aromatic carbocycles. The van der Waals surface area contributed by atoms with Crippen LogP contribution in [0.15, 0.2) is 0 Å². The largest absolute Gasteiger partial charge is 0.444 e. The van der Waals surface area contributed by atoms with Crippen molar-refractivity contribution in [2.75, 3.05) is 18.8 Å². The van der Waals surface area contributed by atoms with Gasteiger partial charge >= 0.3 is 6.09 Å². The molecule has 8 nitrogen and oxygen atoms in total. The van der Waals surface area contributed by atoms with Crippen LogP contribution in [0.25, 0.3) is 0 Å². The summed E-state index contributed by atoms with van der Waals surface area (Å²) in [7, 11) is -3.38. The first-order valence-electron chi connectivity index (χ1n) is 9.15. The fraction of sp³-hybridized carbons (Fsp3) is 0.882. The second kappa shape index (κ2) is 9.03. The van der Waals surface area contributed by atoms with Crippen LogP contribution >= 0.6 is 0 Å². The number of carbonyl (C=O) groups is 2. The van der Waals surface area contributed by atoms with Gasteiger partial charge in [-0.25, -0.2) is 17.9 Å². The van der Waals surface area contributed by atoms with Gasteiger partial charge in [0.2, 0.25) is 15.9 Å². The molecule has 1 aliphatic carbocycles. The van der Waals surface area contributed by atoms with Crippen LogP contribution in [0.2, 0.25) is 0 Å². The van der Waals surface area contributed by atoms with Crippen LogP contribution in [-0.2, 0) is 19.6 Å². The number of alkyl carbamates (subject to hydrolysis) is 1. The highest BCUT2D eigenvalue weighted by molar-refractivity contribution is 7.89. The molecule has 1 aliphatic rings. The Morgan fingerprint density at radius 2 is 1.88 bits per heavy atom. The molecule has 0 radical (unpaired) electrons. The molecule has 1 fully saturated rings. The minimum Gasteiger partial charge on any atom is -0.444 e. The topological polar surface area (TPSA) is 114 Å². The van der Waals surface area contributed by atoms with Crippen LogP contribution in [0.3, 0.4) is 0 Å². The van der Waals surface area contributed by atoms with E-state index in [-0.39, 0.29) is 18.2 Å².